The number of aromatic nitrogens is 1. The quantitative estimate of drug-likeness (QED) is 0.695. The first kappa shape index (κ1) is 10.2. The van der Waals surface area contributed by atoms with E-state index in [-0.39, 0.29) is 5.56 Å². The molecular formula is C8H11FNO2P. The van der Waals surface area contributed by atoms with E-state index in [2.05, 4.69) is 0 Å². The van der Waals surface area contributed by atoms with Crippen molar-refractivity contribution in [1.82, 2.24) is 4.57 Å². The van der Waals surface area contributed by atoms with Gasteiger partial charge in [0.15, 0.2) is 0 Å². The van der Waals surface area contributed by atoms with Crippen molar-refractivity contribution in [2.75, 3.05) is 0 Å². The Morgan fingerprint density at radius 3 is 2.92 bits per heavy atom. The van der Waals surface area contributed by atoms with Gasteiger partial charge in [0.1, 0.15) is 5.75 Å². The molecule has 0 saturated carbocycles. The summed E-state index contributed by atoms with van der Waals surface area (Å²) in [4.78, 5) is 11.1. The first-order valence-corrected chi connectivity index (χ1v) is 4.57. The summed E-state index contributed by atoms with van der Waals surface area (Å²) in [5.74, 6) is 0.351. The molecule has 0 aromatic carbocycles. The summed E-state index contributed by atoms with van der Waals surface area (Å²) in [5, 5.41) is 0. The lowest BCUT2D eigenvalue weighted by Gasteiger charge is -2.08. The van der Waals surface area contributed by atoms with Crippen LogP contribution in [0.3, 0.4) is 0 Å². The highest BCUT2D eigenvalue weighted by Crippen LogP contribution is 2.13. The second kappa shape index (κ2) is 4.38. The van der Waals surface area contributed by atoms with Crippen molar-refractivity contribution in [2.24, 2.45) is 0 Å². The van der Waals surface area contributed by atoms with Crippen LogP contribution in [0, 0.1) is 0 Å². The predicted octanol–water partition coefficient (Wildman–Crippen LogP) is 1.38. The molecule has 1 rings (SSSR count). The van der Waals surface area contributed by atoms with Crippen LogP contribution in [0.1, 0.15) is 6.92 Å². The smallest absolute Gasteiger partial charge is 0.250 e. The molecule has 0 N–H and O–H groups in total. The second-order valence-corrected chi connectivity index (χ2v) is 2.98. The Hall–Kier alpha value is -0.890. The molecule has 0 aliphatic heterocycles. The molecule has 0 saturated heterocycles. The number of nitrogens with zero attached hydrogens (tertiary/aromatic N) is 1. The minimum Gasteiger partial charge on any atom is -0.456 e. The molecule has 1 aromatic rings. The fraction of sp³-hybridized carbons (Fsp3) is 0.375. The summed E-state index contributed by atoms with van der Waals surface area (Å²) in [6.45, 7) is 2.38. The minimum absolute atomic E-state index is 0.117. The molecule has 0 aliphatic rings. The Morgan fingerprint density at radius 1 is 1.69 bits per heavy atom. The minimum atomic E-state index is -1.44. The number of ether oxygens (including phenoxy) is 1. The number of hydrogen-bond donors (Lipinski definition) is 0. The molecule has 13 heavy (non-hydrogen) atoms. The van der Waals surface area contributed by atoms with E-state index < -0.39 is 6.10 Å². The molecule has 0 bridgehead atoms. The third kappa shape index (κ3) is 2.81. The van der Waals surface area contributed by atoms with Gasteiger partial charge in [-0.3, -0.25) is 4.79 Å². The van der Waals surface area contributed by atoms with E-state index in [1.165, 1.54) is 22.9 Å². The van der Waals surface area contributed by atoms with E-state index in [0.29, 0.717) is 12.3 Å². The SMILES string of the molecule is CCn1cc(OC(F)P)ccc1=O. The third-order valence-corrected chi connectivity index (χ3v) is 1.68. The van der Waals surface area contributed by atoms with Gasteiger partial charge >= 0.3 is 0 Å². The Labute approximate surface area is 77.7 Å². The van der Waals surface area contributed by atoms with Crippen molar-refractivity contribution < 1.29 is 9.13 Å². The van der Waals surface area contributed by atoms with Crippen LogP contribution in [-0.4, -0.2) is 10.7 Å². The lowest BCUT2D eigenvalue weighted by molar-refractivity contribution is 0.152. The average molecular weight is 203 g/mol. The highest BCUT2D eigenvalue weighted by molar-refractivity contribution is 7.16. The van der Waals surface area contributed by atoms with Gasteiger partial charge in [0.2, 0.25) is 6.10 Å². The summed E-state index contributed by atoms with van der Waals surface area (Å²) in [5.41, 5.74) is -0.117. The number of pyridine rings is 1. The zero-order chi connectivity index (χ0) is 9.84. The zero-order valence-electron chi connectivity index (χ0n) is 7.24. The van der Waals surface area contributed by atoms with E-state index in [1.807, 2.05) is 16.2 Å². The summed E-state index contributed by atoms with van der Waals surface area (Å²) < 4.78 is 18.6. The number of halogens is 1. The summed E-state index contributed by atoms with van der Waals surface area (Å²) in [7, 11) is 1.87. The monoisotopic (exact) mass is 203 g/mol. The number of alkyl halides is 1. The van der Waals surface area contributed by atoms with Crippen molar-refractivity contribution in [3.05, 3.63) is 28.7 Å². The second-order valence-electron chi connectivity index (χ2n) is 2.46. The summed E-state index contributed by atoms with van der Waals surface area (Å²) in [6, 6.07) is 2.80. The maximum atomic E-state index is 12.4. The van der Waals surface area contributed by atoms with E-state index in [0.717, 1.165) is 0 Å². The molecule has 2 unspecified atom stereocenters. The van der Waals surface area contributed by atoms with Gasteiger partial charge < -0.3 is 9.30 Å². The topological polar surface area (TPSA) is 31.2 Å². The standard InChI is InChI=1S/C8H11FNO2P/c1-2-10-5-6(12-8(9)13)3-4-7(10)11/h3-5,8H,2,13H2,1H3. The molecule has 0 fully saturated rings. The normalized spacial score (nSPS) is 12.5. The van der Waals surface area contributed by atoms with Gasteiger partial charge in [-0.05, 0) is 13.0 Å². The van der Waals surface area contributed by atoms with Crippen molar-refractivity contribution in [2.45, 2.75) is 19.6 Å². The number of rotatable bonds is 3. The van der Waals surface area contributed by atoms with Crippen molar-refractivity contribution in [1.29, 1.82) is 0 Å². The van der Waals surface area contributed by atoms with Gasteiger partial charge in [-0.15, -0.1) is 0 Å². The molecule has 0 amide bonds. The van der Waals surface area contributed by atoms with Crippen molar-refractivity contribution >= 4 is 9.24 Å². The molecule has 3 nitrogen and oxygen atoms in total. The molecule has 0 radical (unpaired) electrons. The van der Waals surface area contributed by atoms with Gasteiger partial charge in [-0.25, -0.2) is 0 Å². The predicted molar refractivity (Wildman–Crippen MR) is 51.6 cm³/mol. The molecule has 1 aromatic heterocycles. The first-order chi connectivity index (χ1) is 6.13. The van der Waals surface area contributed by atoms with E-state index in [1.54, 1.807) is 0 Å². The van der Waals surface area contributed by atoms with E-state index in [9.17, 15) is 9.18 Å². The average Bonchev–Trinajstić information content (AvgIpc) is 2.07. The fourth-order valence-corrected chi connectivity index (χ4v) is 1.11. The molecule has 72 valence electrons. The van der Waals surface area contributed by atoms with Crippen LogP contribution in [0.4, 0.5) is 4.39 Å². The van der Waals surface area contributed by atoms with Crippen LogP contribution in [0.25, 0.3) is 0 Å². The van der Waals surface area contributed by atoms with Crippen LogP contribution in [0.2, 0.25) is 0 Å². The maximum absolute atomic E-state index is 12.4. The molecule has 2 atom stereocenters. The Bertz CT molecular complexity index is 337. The van der Waals surface area contributed by atoms with Crippen molar-refractivity contribution in [3.63, 3.8) is 0 Å². The highest BCUT2D eigenvalue weighted by Gasteiger charge is 2.01. The number of aryl methyl sites for hydroxylation is 1. The van der Waals surface area contributed by atoms with E-state index >= 15 is 0 Å². The Balaban J connectivity index is 2.93. The Kier molecular flexibility index (Phi) is 3.43. The van der Waals surface area contributed by atoms with Gasteiger partial charge in [0.05, 0.1) is 0 Å². The molecule has 0 aliphatic carbocycles. The molecular weight excluding hydrogens is 192 g/mol. The zero-order valence-corrected chi connectivity index (χ0v) is 8.39. The van der Waals surface area contributed by atoms with Gasteiger partial charge in [0.25, 0.3) is 5.56 Å². The fourth-order valence-electron chi connectivity index (χ4n) is 0.956. The first-order valence-electron chi connectivity index (χ1n) is 3.90. The lowest BCUT2D eigenvalue weighted by Crippen LogP contribution is -2.17. The van der Waals surface area contributed by atoms with Crippen LogP contribution in [0.15, 0.2) is 23.1 Å². The van der Waals surface area contributed by atoms with Crippen LogP contribution >= 0.6 is 9.24 Å². The third-order valence-electron chi connectivity index (χ3n) is 1.55. The lowest BCUT2D eigenvalue weighted by atomic mass is 10.4. The van der Waals surface area contributed by atoms with Crippen LogP contribution < -0.4 is 10.3 Å². The Morgan fingerprint density at radius 2 is 2.38 bits per heavy atom. The molecule has 0 spiro atoms. The van der Waals surface area contributed by atoms with Crippen molar-refractivity contribution in [3.8, 4) is 5.75 Å². The number of hydrogen-bond acceptors (Lipinski definition) is 2. The van der Waals surface area contributed by atoms with Gasteiger partial charge in [-0.1, -0.05) is 9.24 Å². The molecule has 5 heteroatoms. The highest BCUT2D eigenvalue weighted by atomic mass is 31.0. The van der Waals surface area contributed by atoms with Crippen LogP contribution in [-0.2, 0) is 6.54 Å². The van der Waals surface area contributed by atoms with E-state index in [4.69, 9.17) is 4.74 Å². The molecule has 1 heterocycles. The van der Waals surface area contributed by atoms with Gasteiger partial charge in [-0.2, -0.15) is 4.39 Å². The largest absolute Gasteiger partial charge is 0.456 e. The maximum Gasteiger partial charge on any atom is 0.250 e. The van der Waals surface area contributed by atoms with Crippen LogP contribution in [0.5, 0.6) is 5.75 Å². The summed E-state index contributed by atoms with van der Waals surface area (Å²) in [6.07, 6.45) is 0.0432. The van der Waals surface area contributed by atoms with Gasteiger partial charge in [0, 0.05) is 18.8 Å². The summed E-state index contributed by atoms with van der Waals surface area (Å²) >= 11 is 0.